The van der Waals surface area contributed by atoms with E-state index in [9.17, 15) is 4.79 Å². The van der Waals surface area contributed by atoms with Gasteiger partial charge in [0.05, 0.1) is 0 Å². The third-order valence-corrected chi connectivity index (χ3v) is 3.12. The van der Waals surface area contributed by atoms with Crippen molar-refractivity contribution in [3.8, 4) is 0 Å². The van der Waals surface area contributed by atoms with E-state index >= 15 is 0 Å². The highest BCUT2D eigenvalue weighted by Gasteiger charge is 2.32. The van der Waals surface area contributed by atoms with Gasteiger partial charge in [0, 0.05) is 25.0 Å². The van der Waals surface area contributed by atoms with E-state index in [0.29, 0.717) is 11.8 Å². The molecule has 0 saturated carbocycles. The minimum atomic E-state index is -0.210. The van der Waals surface area contributed by atoms with Gasteiger partial charge in [0.25, 0.3) is 0 Å². The van der Waals surface area contributed by atoms with E-state index in [0.717, 1.165) is 39.0 Å². The van der Waals surface area contributed by atoms with Crippen LogP contribution >= 0.6 is 12.4 Å². The molecule has 3 nitrogen and oxygen atoms in total. The predicted molar refractivity (Wildman–Crippen MR) is 74.6 cm³/mol. The number of amides is 1. The highest BCUT2D eigenvalue weighted by Crippen LogP contribution is 2.27. The summed E-state index contributed by atoms with van der Waals surface area (Å²) in [6.07, 6.45) is 2.04. The van der Waals surface area contributed by atoms with Crippen LogP contribution in [0.4, 0.5) is 0 Å². The van der Waals surface area contributed by atoms with Crippen LogP contribution < -0.4 is 5.32 Å². The molecule has 0 aromatic heterocycles. The lowest BCUT2D eigenvalue weighted by atomic mass is 9.82. The number of nitrogens with one attached hydrogen (secondary N) is 1. The van der Waals surface area contributed by atoms with Crippen molar-refractivity contribution < 1.29 is 4.79 Å². The molecule has 1 aliphatic rings. The molecule has 0 spiro atoms. The van der Waals surface area contributed by atoms with Gasteiger partial charge in [0.2, 0.25) is 5.91 Å². The van der Waals surface area contributed by atoms with E-state index in [1.54, 1.807) is 0 Å². The molecule has 1 rings (SSSR count). The Hall–Kier alpha value is -0.280. The number of rotatable bonds is 3. The lowest BCUT2D eigenvalue weighted by Crippen LogP contribution is -2.43. The van der Waals surface area contributed by atoms with Crippen LogP contribution in [0, 0.1) is 11.3 Å². The molecule has 4 heteroatoms. The summed E-state index contributed by atoms with van der Waals surface area (Å²) in [4.78, 5) is 14.4. The first kappa shape index (κ1) is 16.7. The Morgan fingerprint density at radius 3 is 2.53 bits per heavy atom. The average Bonchev–Trinajstić information content (AvgIpc) is 2.42. The molecule has 0 aliphatic carbocycles. The van der Waals surface area contributed by atoms with Gasteiger partial charge in [-0.2, -0.15) is 0 Å². The maximum Gasteiger partial charge on any atom is 0.228 e. The van der Waals surface area contributed by atoms with Gasteiger partial charge in [-0.25, -0.2) is 0 Å². The quantitative estimate of drug-likeness (QED) is 0.847. The monoisotopic (exact) mass is 262 g/mol. The Labute approximate surface area is 112 Å². The SMILES string of the molecule is CC(C)CC(C)(C)C(=O)N1CCCNCC1.Cl. The van der Waals surface area contributed by atoms with Crippen LogP contribution in [0.25, 0.3) is 0 Å². The highest BCUT2D eigenvalue weighted by atomic mass is 35.5. The van der Waals surface area contributed by atoms with Crippen LogP contribution in [0.3, 0.4) is 0 Å². The standard InChI is InChI=1S/C13H26N2O.ClH/c1-11(2)10-13(3,4)12(16)15-8-5-6-14-7-9-15;/h11,14H,5-10H2,1-4H3;1H. The smallest absolute Gasteiger partial charge is 0.228 e. The molecular formula is C13H27ClN2O. The van der Waals surface area contributed by atoms with Crippen molar-refractivity contribution in [3.05, 3.63) is 0 Å². The first-order valence-electron chi connectivity index (χ1n) is 6.43. The summed E-state index contributed by atoms with van der Waals surface area (Å²) in [6, 6.07) is 0. The number of nitrogens with zero attached hydrogens (tertiary/aromatic N) is 1. The molecule has 1 amide bonds. The fourth-order valence-electron chi connectivity index (χ4n) is 2.58. The van der Waals surface area contributed by atoms with Gasteiger partial charge in [0.15, 0.2) is 0 Å². The van der Waals surface area contributed by atoms with Crippen LogP contribution in [0.1, 0.15) is 40.5 Å². The minimum Gasteiger partial charge on any atom is -0.341 e. The lowest BCUT2D eigenvalue weighted by Gasteiger charge is -2.32. The summed E-state index contributed by atoms with van der Waals surface area (Å²) < 4.78 is 0. The van der Waals surface area contributed by atoms with Crippen molar-refractivity contribution in [1.82, 2.24) is 10.2 Å². The molecule has 1 fully saturated rings. The Morgan fingerprint density at radius 1 is 1.29 bits per heavy atom. The van der Waals surface area contributed by atoms with E-state index in [1.807, 2.05) is 4.90 Å². The largest absolute Gasteiger partial charge is 0.341 e. The maximum absolute atomic E-state index is 12.4. The van der Waals surface area contributed by atoms with Crippen LogP contribution in [0.5, 0.6) is 0 Å². The molecule has 1 aliphatic heterocycles. The van der Waals surface area contributed by atoms with Gasteiger partial charge in [-0.15, -0.1) is 12.4 Å². The van der Waals surface area contributed by atoms with Crippen molar-refractivity contribution in [2.24, 2.45) is 11.3 Å². The zero-order chi connectivity index (χ0) is 12.2. The van der Waals surface area contributed by atoms with E-state index < -0.39 is 0 Å². The van der Waals surface area contributed by atoms with Crippen molar-refractivity contribution in [1.29, 1.82) is 0 Å². The topological polar surface area (TPSA) is 32.3 Å². The highest BCUT2D eigenvalue weighted by molar-refractivity contribution is 5.85. The van der Waals surface area contributed by atoms with E-state index in [1.165, 1.54) is 0 Å². The van der Waals surface area contributed by atoms with Crippen LogP contribution in [-0.2, 0) is 4.79 Å². The van der Waals surface area contributed by atoms with Gasteiger partial charge in [0.1, 0.15) is 0 Å². The summed E-state index contributed by atoms with van der Waals surface area (Å²) in [6.45, 7) is 12.3. The predicted octanol–water partition coefficient (Wildman–Crippen LogP) is 2.30. The van der Waals surface area contributed by atoms with Gasteiger partial charge in [-0.05, 0) is 25.3 Å². The second-order valence-corrected chi connectivity index (χ2v) is 5.88. The van der Waals surface area contributed by atoms with E-state index in [4.69, 9.17) is 0 Å². The number of hydrogen-bond acceptors (Lipinski definition) is 2. The van der Waals surface area contributed by atoms with Gasteiger partial charge in [-0.1, -0.05) is 27.7 Å². The Morgan fingerprint density at radius 2 is 1.94 bits per heavy atom. The molecule has 1 N–H and O–H groups in total. The molecule has 0 aromatic rings. The van der Waals surface area contributed by atoms with Crippen molar-refractivity contribution in [3.63, 3.8) is 0 Å². The number of carbonyl (C=O) groups is 1. The number of carbonyl (C=O) groups excluding carboxylic acids is 1. The van der Waals surface area contributed by atoms with Crippen molar-refractivity contribution >= 4 is 18.3 Å². The summed E-state index contributed by atoms with van der Waals surface area (Å²) in [5, 5.41) is 3.33. The molecule has 17 heavy (non-hydrogen) atoms. The second kappa shape index (κ2) is 7.22. The average molecular weight is 263 g/mol. The second-order valence-electron chi connectivity index (χ2n) is 5.88. The molecule has 102 valence electrons. The zero-order valence-corrected chi connectivity index (χ0v) is 12.4. The molecule has 1 saturated heterocycles. The summed E-state index contributed by atoms with van der Waals surface area (Å²) in [5.41, 5.74) is -0.210. The van der Waals surface area contributed by atoms with Gasteiger partial charge in [-0.3, -0.25) is 4.79 Å². The first-order valence-corrected chi connectivity index (χ1v) is 6.43. The summed E-state index contributed by atoms with van der Waals surface area (Å²) >= 11 is 0. The van der Waals surface area contributed by atoms with E-state index in [-0.39, 0.29) is 17.8 Å². The van der Waals surface area contributed by atoms with Crippen molar-refractivity contribution in [2.75, 3.05) is 26.2 Å². The molecular weight excluding hydrogens is 236 g/mol. The van der Waals surface area contributed by atoms with Gasteiger partial charge < -0.3 is 10.2 Å². The number of halogens is 1. The van der Waals surface area contributed by atoms with Gasteiger partial charge >= 0.3 is 0 Å². The lowest BCUT2D eigenvalue weighted by molar-refractivity contribution is -0.141. The maximum atomic E-state index is 12.4. The molecule has 0 radical (unpaired) electrons. The fourth-order valence-corrected chi connectivity index (χ4v) is 2.58. The van der Waals surface area contributed by atoms with Crippen molar-refractivity contribution in [2.45, 2.75) is 40.5 Å². The molecule has 1 heterocycles. The van der Waals surface area contributed by atoms with Crippen LogP contribution in [0.15, 0.2) is 0 Å². The molecule has 0 atom stereocenters. The van der Waals surface area contributed by atoms with Crippen LogP contribution in [0.2, 0.25) is 0 Å². The fraction of sp³-hybridized carbons (Fsp3) is 0.923. The Kier molecular flexibility index (Phi) is 7.10. The Bertz CT molecular complexity index is 234. The zero-order valence-electron chi connectivity index (χ0n) is 11.6. The summed E-state index contributed by atoms with van der Waals surface area (Å²) in [7, 11) is 0. The summed E-state index contributed by atoms with van der Waals surface area (Å²) in [5.74, 6) is 0.897. The third-order valence-electron chi connectivity index (χ3n) is 3.12. The molecule has 0 aromatic carbocycles. The van der Waals surface area contributed by atoms with Crippen LogP contribution in [-0.4, -0.2) is 37.0 Å². The number of hydrogen-bond donors (Lipinski definition) is 1. The minimum absolute atomic E-state index is 0. The molecule has 0 bridgehead atoms. The molecule has 0 unspecified atom stereocenters. The third kappa shape index (κ3) is 5.26. The normalized spacial score (nSPS) is 17.6. The first-order chi connectivity index (χ1) is 7.43. The van der Waals surface area contributed by atoms with E-state index in [2.05, 4.69) is 33.0 Å². The Balaban J connectivity index is 0.00000256.